The minimum absolute atomic E-state index is 0.0496. The van der Waals surface area contributed by atoms with Gasteiger partial charge in [-0.25, -0.2) is 0 Å². The molecule has 0 bridgehead atoms. The first kappa shape index (κ1) is 26.8. The number of aliphatic hydroxyl groups is 1. The molecule has 7 nitrogen and oxygen atoms in total. The van der Waals surface area contributed by atoms with Gasteiger partial charge in [0.1, 0.15) is 6.61 Å². The van der Waals surface area contributed by atoms with Gasteiger partial charge in [-0.15, -0.1) is 0 Å². The van der Waals surface area contributed by atoms with Crippen LogP contribution < -0.4 is 9.47 Å². The SMILES string of the molecule is C=CCOc1ccc(C2C(C(=O)/C=C/c3ccccc3)=C(O)C(=O)N2CCN(CC)CC)cc1OC. The van der Waals surface area contributed by atoms with Crippen LogP contribution in [0.3, 0.4) is 0 Å². The molecule has 36 heavy (non-hydrogen) atoms. The molecule has 0 aromatic heterocycles. The molecule has 190 valence electrons. The van der Waals surface area contributed by atoms with Crippen LogP contribution in [0.4, 0.5) is 0 Å². The molecule has 1 heterocycles. The van der Waals surface area contributed by atoms with Crippen molar-refractivity contribution >= 4 is 17.8 Å². The molecular formula is C29H34N2O5. The lowest BCUT2D eigenvalue weighted by Crippen LogP contribution is -2.38. The number of aliphatic hydroxyl groups excluding tert-OH is 1. The number of hydrogen-bond acceptors (Lipinski definition) is 6. The molecule has 0 fully saturated rings. The van der Waals surface area contributed by atoms with Gasteiger partial charge in [-0.1, -0.05) is 69.0 Å². The number of methoxy groups -OCH3 is 1. The predicted molar refractivity (Wildman–Crippen MR) is 141 cm³/mol. The number of rotatable bonds is 13. The standard InChI is InChI=1S/C29H34N2O5/c1-5-19-36-24-16-14-22(20-25(24)35-4)27-26(23(32)15-13-21-11-9-8-10-12-21)28(33)29(34)31(27)18-17-30(6-2)7-3/h5,8-16,20,27,33H,1,6-7,17-19H2,2-4H3/b15-13+. The van der Waals surface area contributed by atoms with Crippen molar-refractivity contribution in [3.8, 4) is 11.5 Å². The molecule has 0 radical (unpaired) electrons. The predicted octanol–water partition coefficient (Wildman–Crippen LogP) is 4.58. The summed E-state index contributed by atoms with van der Waals surface area (Å²) in [6, 6.07) is 13.9. The third kappa shape index (κ3) is 6.04. The summed E-state index contributed by atoms with van der Waals surface area (Å²) >= 11 is 0. The van der Waals surface area contributed by atoms with Crippen molar-refractivity contribution in [2.24, 2.45) is 0 Å². The second kappa shape index (κ2) is 12.7. The zero-order valence-electron chi connectivity index (χ0n) is 21.1. The largest absolute Gasteiger partial charge is 0.503 e. The van der Waals surface area contributed by atoms with Gasteiger partial charge in [0.15, 0.2) is 23.0 Å². The Labute approximate surface area is 212 Å². The quantitative estimate of drug-likeness (QED) is 0.327. The summed E-state index contributed by atoms with van der Waals surface area (Å²) in [5.74, 6) is -0.525. The molecule has 7 heteroatoms. The van der Waals surface area contributed by atoms with Gasteiger partial charge in [0.25, 0.3) is 5.91 Å². The Bertz CT molecular complexity index is 1140. The summed E-state index contributed by atoms with van der Waals surface area (Å²) in [6.45, 7) is 10.7. The maximum absolute atomic E-state index is 13.4. The molecule has 0 aliphatic carbocycles. The summed E-state index contributed by atoms with van der Waals surface area (Å²) in [4.78, 5) is 30.3. The van der Waals surface area contributed by atoms with E-state index in [4.69, 9.17) is 9.47 Å². The molecular weight excluding hydrogens is 456 g/mol. The highest BCUT2D eigenvalue weighted by atomic mass is 16.5. The highest BCUT2D eigenvalue weighted by molar-refractivity contribution is 6.14. The van der Waals surface area contributed by atoms with Crippen LogP contribution in [0.25, 0.3) is 6.08 Å². The fourth-order valence-electron chi connectivity index (χ4n) is 4.22. The van der Waals surface area contributed by atoms with Crippen LogP contribution in [0.1, 0.15) is 31.0 Å². The highest BCUT2D eigenvalue weighted by Crippen LogP contribution is 2.41. The summed E-state index contributed by atoms with van der Waals surface area (Å²) < 4.78 is 11.2. The van der Waals surface area contributed by atoms with Crippen molar-refractivity contribution in [3.05, 3.63) is 89.7 Å². The van der Waals surface area contributed by atoms with E-state index in [0.29, 0.717) is 36.8 Å². The van der Waals surface area contributed by atoms with Gasteiger partial charge in [-0.2, -0.15) is 0 Å². The van der Waals surface area contributed by atoms with Gasteiger partial charge in [-0.3, -0.25) is 9.59 Å². The molecule has 1 atom stereocenters. The number of allylic oxidation sites excluding steroid dienone is 1. The van der Waals surface area contributed by atoms with E-state index in [2.05, 4.69) is 25.3 Å². The minimum Gasteiger partial charge on any atom is -0.503 e. The second-order valence-electron chi connectivity index (χ2n) is 8.31. The molecule has 3 rings (SSSR count). The lowest BCUT2D eigenvalue weighted by atomic mass is 9.95. The Morgan fingerprint density at radius 1 is 1.14 bits per heavy atom. The van der Waals surface area contributed by atoms with Crippen molar-refractivity contribution in [3.63, 3.8) is 0 Å². The number of benzene rings is 2. The third-order valence-corrected chi connectivity index (χ3v) is 6.21. The van der Waals surface area contributed by atoms with E-state index in [9.17, 15) is 14.7 Å². The molecule has 1 unspecified atom stereocenters. The summed E-state index contributed by atoms with van der Waals surface area (Å²) in [7, 11) is 1.53. The van der Waals surface area contributed by atoms with Crippen molar-refractivity contribution < 1.29 is 24.2 Å². The number of nitrogens with zero attached hydrogens (tertiary/aromatic N) is 2. The number of ketones is 1. The minimum atomic E-state index is -0.761. The first-order valence-electron chi connectivity index (χ1n) is 12.1. The van der Waals surface area contributed by atoms with Gasteiger partial charge >= 0.3 is 0 Å². The third-order valence-electron chi connectivity index (χ3n) is 6.21. The van der Waals surface area contributed by atoms with Crippen LogP contribution in [0.2, 0.25) is 0 Å². The fourth-order valence-corrected chi connectivity index (χ4v) is 4.22. The normalized spacial score (nSPS) is 15.7. The van der Waals surface area contributed by atoms with Gasteiger partial charge < -0.3 is 24.4 Å². The molecule has 0 spiro atoms. The number of ether oxygens (including phenoxy) is 2. The maximum atomic E-state index is 13.4. The van der Waals surface area contributed by atoms with Crippen molar-refractivity contribution in [2.75, 3.05) is 39.9 Å². The molecule has 0 saturated carbocycles. The van der Waals surface area contributed by atoms with Gasteiger partial charge in [0, 0.05) is 13.1 Å². The van der Waals surface area contributed by atoms with Gasteiger partial charge in [0.2, 0.25) is 0 Å². The first-order chi connectivity index (χ1) is 17.4. The van der Waals surface area contributed by atoms with E-state index in [1.807, 2.05) is 30.3 Å². The van der Waals surface area contributed by atoms with Gasteiger partial charge in [-0.05, 0) is 42.4 Å². The van der Waals surface area contributed by atoms with E-state index >= 15 is 0 Å². The molecule has 1 N–H and O–H groups in total. The molecule has 1 aliphatic heterocycles. The number of amides is 1. The molecule has 0 saturated heterocycles. The Hall–Kier alpha value is -3.84. The lowest BCUT2D eigenvalue weighted by molar-refractivity contribution is -0.129. The van der Waals surface area contributed by atoms with Crippen LogP contribution in [-0.2, 0) is 9.59 Å². The Morgan fingerprint density at radius 3 is 2.50 bits per heavy atom. The van der Waals surface area contributed by atoms with Crippen molar-refractivity contribution in [1.82, 2.24) is 9.80 Å². The smallest absolute Gasteiger partial charge is 0.290 e. The van der Waals surface area contributed by atoms with E-state index in [0.717, 1.165) is 18.7 Å². The highest BCUT2D eigenvalue weighted by Gasteiger charge is 2.43. The summed E-state index contributed by atoms with van der Waals surface area (Å²) in [5.41, 5.74) is 1.54. The number of carbonyl (C=O) groups excluding carboxylic acids is 2. The Kier molecular flexibility index (Phi) is 9.47. The monoisotopic (exact) mass is 490 g/mol. The lowest BCUT2D eigenvalue weighted by Gasteiger charge is -2.29. The molecule has 2 aromatic carbocycles. The van der Waals surface area contributed by atoms with E-state index in [1.165, 1.54) is 13.2 Å². The van der Waals surface area contributed by atoms with Crippen LogP contribution in [0, 0.1) is 0 Å². The van der Waals surface area contributed by atoms with E-state index < -0.39 is 23.5 Å². The first-order valence-corrected chi connectivity index (χ1v) is 12.1. The van der Waals surface area contributed by atoms with Crippen LogP contribution in [0.5, 0.6) is 11.5 Å². The summed E-state index contributed by atoms with van der Waals surface area (Å²) in [5, 5.41) is 10.9. The summed E-state index contributed by atoms with van der Waals surface area (Å²) in [6.07, 6.45) is 4.71. The Balaban J connectivity index is 2.01. The van der Waals surface area contributed by atoms with Crippen molar-refractivity contribution in [2.45, 2.75) is 19.9 Å². The average molecular weight is 491 g/mol. The van der Waals surface area contributed by atoms with Crippen molar-refractivity contribution in [1.29, 1.82) is 0 Å². The maximum Gasteiger partial charge on any atom is 0.290 e. The zero-order chi connectivity index (χ0) is 26.1. The fraction of sp³-hybridized carbons (Fsp3) is 0.310. The molecule has 1 aliphatic rings. The van der Waals surface area contributed by atoms with Gasteiger partial charge in [0.05, 0.1) is 18.7 Å². The topological polar surface area (TPSA) is 79.3 Å². The van der Waals surface area contributed by atoms with Crippen LogP contribution in [-0.4, -0.2) is 66.5 Å². The van der Waals surface area contributed by atoms with Crippen LogP contribution >= 0.6 is 0 Å². The molecule has 2 aromatic rings. The molecule has 1 amide bonds. The average Bonchev–Trinajstić information content (AvgIpc) is 3.16. The number of hydrogen-bond donors (Lipinski definition) is 1. The van der Waals surface area contributed by atoms with E-state index in [-0.39, 0.29) is 5.57 Å². The number of carbonyl (C=O) groups is 2. The zero-order valence-corrected chi connectivity index (χ0v) is 21.1. The number of likely N-dealkylation sites (N-methyl/N-ethyl adjacent to an activating group) is 1. The van der Waals surface area contributed by atoms with Crippen LogP contribution in [0.15, 0.2) is 78.6 Å². The second-order valence-corrected chi connectivity index (χ2v) is 8.31. The Morgan fingerprint density at radius 2 is 1.86 bits per heavy atom. The van der Waals surface area contributed by atoms with E-state index in [1.54, 1.807) is 35.3 Å².